The van der Waals surface area contributed by atoms with Crippen molar-refractivity contribution < 1.29 is 19.7 Å². The molecule has 2 rings (SSSR count). The maximum atomic E-state index is 10.2. The molecule has 17 heavy (non-hydrogen) atoms. The van der Waals surface area contributed by atoms with Gasteiger partial charge in [0.25, 0.3) is 0 Å². The summed E-state index contributed by atoms with van der Waals surface area (Å²) in [6.45, 7) is 1.71. The summed E-state index contributed by atoms with van der Waals surface area (Å²) in [7, 11) is 0. The van der Waals surface area contributed by atoms with Gasteiger partial charge in [-0.3, -0.25) is 0 Å². The molecule has 0 radical (unpaired) electrons. The SMILES string of the molecule is OCCOCCOCC(O)C12C=CC(CC1)C2. The summed E-state index contributed by atoms with van der Waals surface area (Å²) in [5.41, 5.74) is -0.0172. The minimum atomic E-state index is -0.399. The molecular formula is C13H22O4. The second kappa shape index (κ2) is 5.96. The highest BCUT2D eigenvalue weighted by molar-refractivity contribution is 5.18. The van der Waals surface area contributed by atoms with Crippen LogP contribution in [0.4, 0.5) is 0 Å². The zero-order chi connectivity index (χ0) is 12.1. The molecule has 0 amide bonds. The standard InChI is InChI=1S/C13H22O4/c14-5-6-16-7-8-17-10-12(15)13-3-1-11(9-13)2-4-13/h1,3,11-12,14-15H,2,4-10H2. The highest BCUT2D eigenvalue weighted by Crippen LogP contribution is 2.51. The highest BCUT2D eigenvalue weighted by atomic mass is 16.5. The Morgan fingerprint density at radius 2 is 2.12 bits per heavy atom. The van der Waals surface area contributed by atoms with Crippen molar-refractivity contribution in [3.05, 3.63) is 12.2 Å². The van der Waals surface area contributed by atoms with E-state index < -0.39 is 6.10 Å². The summed E-state index contributed by atoms with van der Waals surface area (Å²) in [6, 6.07) is 0. The molecule has 2 bridgehead atoms. The maximum absolute atomic E-state index is 10.2. The average molecular weight is 242 g/mol. The van der Waals surface area contributed by atoms with Crippen LogP contribution in [0.1, 0.15) is 19.3 Å². The van der Waals surface area contributed by atoms with Gasteiger partial charge in [-0.05, 0) is 25.2 Å². The monoisotopic (exact) mass is 242 g/mol. The molecule has 4 nitrogen and oxygen atoms in total. The zero-order valence-corrected chi connectivity index (χ0v) is 10.2. The van der Waals surface area contributed by atoms with Gasteiger partial charge in [-0.2, -0.15) is 0 Å². The van der Waals surface area contributed by atoms with Gasteiger partial charge in [-0.25, -0.2) is 0 Å². The smallest absolute Gasteiger partial charge is 0.0864 e. The lowest BCUT2D eigenvalue weighted by Crippen LogP contribution is -2.34. The van der Waals surface area contributed by atoms with E-state index in [0.29, 0.717) is 32.3 Å². The van der Waals surface area contributed by atoms with E-state index in [1.165, 1.54) is 6.42 Å². The minimum Gasteiger partial charge on any atom is -0.394 e. The summed E-state index contributed by atoms with van der Waals surface area (Å²) in [4.78, 5) is 0. The van der Waals surface area contributed by atoms with Crippen LogP contribution in [-0.4, -0.2) is 49.4 Å². The molecule has 0 aromatic rings. The number of fused-ring (bicyclic) bond motifs is 2. The number of hydrogen-bond donors (Lipinski definition) is 2. The van der Waals surface area contributed by atoms with E-state index in [1.54, 1.807) is 0 Å². The van der Waals surface area contributed by atoms with Crippen LogP contribution < -0.4 is 0 Å². The number of allylic oxidation sites excluding steroid dienone is 1. The number of rotatable bonds is 8. The fourth-order valence-electron chi connectivity index (χ4n) is 2.85. The molecule has 0 aromatic heterocycles. The summed E-state index contributed by atoms with van der Waals surface area (Å²) >= 11 is 0. The second-order valence-corrected chi connectivity index (χ2v) is 5.02. The fourth-order valence-corrected chi connectivity index (χ4v) is 2.85. The van der Waals surface area contributed by atoms with Crippen molar-refractivity contribution in [2.45, 2.75) is 25.4 Å². The van der Waals surface area contributed by atoms with Gasteiger partial charge >= 0.3 is 0 Å². The molecule has 2 N–H and O–H groups in total. The van der Waals surface area contributed by atoms with Gasteiger partial charge in [0.05, 0.1) is 39.1 Å². The molecule has 1 fully saturated rings. The van der Waals surface area contributed by atoms with E-state index in [-0.39, 0.29) is 12.0 Å². The molecule has 4 heteroatoms. The van der Waals surface area contributed by atoms with Crippen molar-refractivity contribution in [2.75, 3.05) is 33.0 Å². The van der Waals surface area contributed by atoms with Crippen LogP contribution in [0.25, 0.3) is 0 Å². The van der Waals surface area contributed by atoms with Crippen molar-refractivity contribution in [3.8, 4) is 0 Å². The van der Waals surface area contributed by atoms with E-state index in [4.69, 9.17) is 14.6 Å². The average Bonchev–Trinajstić information content (AvgIpc) is 2.95. The molecule has 2 aliphatic rings. The van der Waals surface area contributed by atoms with Crippen molar-refractivity contribution in [1.29, 1.82) is 0 Å². The summed E-state index contributed by atoms with van der Waals surface area (Å²) < 4.78 is 10.5. The lowest BCUT2D eigenvalue weighted by Gasteiger charge is -2.29. The van der Waals surface area contributed by atoms with E-state index in [0.717, 1.165) is 12.8 Å². The molecule has 0 spiro atoms. The lowest BCUT2D eigenvalue weighted by atomic mass is 9.82. The molecule has 3 atom stereocenters. The van der Waals surface area contributed by atoms with Crippen LogP contribution in [0.2, 0.25) is 0 Å². The van der Waals surface area contributed by atoms with Crippen LogP contribution in [-0.2, 0) is 9.47 Å². The highest BCUT2D eigenvalue weighted by Gasteiger charge is 2.45. The Morgan fingerprint density at radius 3 is 2.71 bits per heavy atom. The van der Waals surface area contributed by atoms with Gasteiger partial charge in [-0.1, -0.05) is 12.2 Å². The lowest BCUT2D eigenvalue weighted by molar-refractivity contribution is -0.0368. The number of aliphatic hydroxyl groups is 2. The molecule has 0 aliphatic heterocycles. The minimum absolute atomic E-state index is 0.0172. The largest absolute Gasteiger partial charge is 0.394 e. The van der Waals surface area contributed by atoms with E-state index in [2.05, 4.69) is 12.2 Å². The Hall–Kier alpha value is -0.420. The van der Waals surface area contributed by atoms with Crippen LogP contribution in [0.3, 0.4) is 0 Å². The second-order valence-electron chi connectivity index (χ2n) is 5.02. The van der Waals surface area contributed by atoms with Crippen molar-refractivity contribution >= 4 is 0 Å². The molecule has 98 valence electrons. The Morgan fingerprint density at radius 1 is 1.29 bits per heavy atom. The molecule has 1 saturated carbocycles. The molecule has 0 aromatic carbocycles. The molecule has 0 saturated heterocycles. The molecule has 2 aliphatic carbocycles. The topological polar surface area (TPSA) is 58.9 Å². The van der Waals surface area contributed by atoms with Gasteiger partial charge in [-0.15, -0.1) is 0 Å². The molecule has 3 unspecified atom stereocenters. The van der Waals surface area contributed by atoms with Crippen molar-refractivity contribution in [1.82, 2.24) is 0 Å². The third-order valence-corrected chi connectivity index (χ3v) is 3.87. The number of hydrogen-bond acceptors (Lipinski definition) is 4. The van der Waals surface area contributed by atoms with Gasteiger partial charge < -0.3 is 19.7 Å². The first-order valence-electron chi connectivity index (χ1n) is 6.40. The van der Waals surface area contributed by atoms with Crippen LogP contribution in [0, 0.1) is 11.3 Å². The van der Waals surface area contributed by atoms with E-state index in [1.807, 2.05) is 0 Å². The van der Waals surface area contributed by atoms with Gasteiger partial charge in [0.15, 0.2) is 0 Å². The quantitative estimate of drug-likeness (QED) is 0.486. The van der Waals surface area contributed by atoms with E-state index >= 15 is 0 Å². The van der Waals surface area contributed by atoms with E-state index in [9.17, 15) is 5.11 Å². The first-order valence-corrected chi connectivity index (χ1v) is 6.40. The first-order chi connectivity index (χ1) is 8.27. The van der Waals surface area contributed by atoms with Gasteiger partial charge in [0.2, 0.25) is 0 Å². The normalized spacial score (nSPS) is 32.2. The van der Waals surface area contributed by atoms with Crippen molar-refractivity contribution in [3.63, 3.8) is 0 Å². The zero-order valence-electron chi connectivity index (χ0n) is 10.2. The summed E-state index contributed by atoms with van der Waals surface area (Å²) in [6.07, 6.45) is 7.38. The third-order valence-electron chi connectivity index (χ3n) is 3.87. The predicted molar refractivity (Wildman–Crippen MR) is 63.6 cm³/mol. The summed E-state index contributed by atoms with van der Waals surface area (Å²) in [5, 5.41) is 18.7. The molecule has 0 heterocycles. The van der Waals surface area contributed by atoms with Crippen LogP contribution >= 0.6 is 0 Å². The molecular weight excluding hydrogens is 220 g/mol. The third kappa shape index (κ3) is 3.07. The fraction of sp³-hybridized carbons (Fsp3) is 0.846. The predicted octanol–water partition coefficient (Wildman–Crippen LogP) is 0.729. The van der Waals surface area contributed by atoms with Gasteiger partial charge in [0.1, 0.15) is 0 Å². The summed E-state index contributed by atoms with van der Waals surface area (Å²) in [5.74, 6) is 0.678. The Kier molecular flexibility index (Phi) is 4.56. The number of aliphatic hydroxyl groups excluding tert-OH is 2. The van der Waals surface area contributed by atoms with Crippen LogP contribution in [0.5, 0.6) is 0 Å². The van der Waals surface area contributed by atoms with Gasteiger partial charge in [0, 0.05) is 5.41 Å². The van der Waals surface area contributed by atoms with Crippen molar-refractivity contribution in [2.24, 2.45) is 11.3 Å². The Balaban J connectivity index is 1.61. The number of ether oxygens (including phenoxy) is 2. The maximum Gasteiger partial charge on any atom is 0.0864 e. The Labute approximate surface area is 102 Å². The van der Waals surface area contributed by atoms with Crippen LogP contribution in [0.15, 0.2) is 12.2 Å². The Bertz CT molecular complexity index is 266. The first kappa shape index (κ1) is 13.0.